The topological polar surface area (TPSA) is 60.7 Å². The van der Waals surface area contributed by atoms with Gasteiger partial charge in [-0.25, -0.2) is 14.6 Å². The quantitative estimate of drug-likeness (QED) is 0.724. The van der Waals surface area contributed by atoms with Crippen molar-refractivity contribution in [2.24, 2.45) is 5.41 Å². The smallest absolute Gasteiger partial charge is 0.252 e. The summed E-state index contributed by atoms with van der Waals surface area (Å²) in [6.07, 6.45) is 4.92. The lowest BCUT2D eigenvalue weighted by atomic mass is 9.96. The zero-order chi connectivity index (χ0) is 16.4. The van der Waals surface area contributed by atoms with E-state index in [9.17, 15) is 4.79 Å². The summed E-state index contributed by atoms with van der Waals surface area (Å²) in [5.41, 5.74) is 2.73. The van der Waals surface area contributed by atoms with E-state index in [1.807, 2.05) is 57.2 Å². The molecule has 23 heavy (non-hydrogen) atoms. The molecule has 0 saturated heterocycles. The van der Waals surface area contributed by atoms with Crippen molar-refractivity contribution in [2.45, 2.75) is 20.8 Å². The fourth-order valence-electron chi connectivity index (χ4n) is 2.27. The lowest BCUT2D eigenvalue weighted by Gasteiger charge is -2.15. The largest absolute Gasteiger partial charge is 0.272 e. The Kier molecular flexibility index (Phi) is 3.78. The maximum Gasteiger partial charge on any atom is 0.252 e. The molecule has 0 unspecified atom stereocenters. The van der Waals surface area contributed by atoms with Crippen molar-refractivity contribution < 1.29 is 4.79 Å². The Morgan fingerprint density at radius 1 is 1.09 bits per heavy atom. The molecule has 2 aromatic heterocycles. The van der Waals surface area contributed by atoms with Gasteiger partial charge in [-0.3, -0.25) is 4.79 Å². The maximum absolute atomic E-state index is 12.6. The summed E-state index contributed by atoms with van der Waals surface area (Å²) in [7, 11) is 0. The third-order valence-electron chi connectivity index (χ3n) is 3.47. The number of hydrogen-bond donors (Lipinski definition) is 0. The number of aromatic nitrogens is 4. The lowest BCUT2D eigenvalue weighted by Crippen LogP contribution is -2.27. The van der Waals surface area contributed by atoms with E-state index in [4.69, 9.17) is 0 Å². The van der Waals surface area contributed by atoms with Crippen LogP contribution in [0.1, 0.15) is 25.6 Å². The number of carbonyl (C=O) groups excluding carboxylic acids is 1. The van der Waals surface area contributed by atoms with Gasteiger partial charge in [-0.2, -0.15) is 5.10 Å². The zero-order valence-electron chi connectivity index (χ0n) is 13.4. The second kappa shape index (κ2) is 5.76. The van der Waals surface area contributed by atoms with Crippen LogP contribution in [0.2, 0.25) is 0 Å². The van der Waals surface area contributed by atoms with E-state index < -0.39 is 5.41 Å². The van der Waals surface area contributed by atoms with Crippen LogP contribution in [0.15, 0.2) is 55.1 Å². The van der Waals surface area contributed by atoms with Gasteiger partial charge < -0.3 is 0 Å². The Labute approximate surface area is 135 Å². The number of carbonyl (C=O) groups is 1. The Morgan fingerprint density at radius 2 is 1.83 bits per heavy atom. The fourth-order valence-corrected chi connectivity index (χ4v) is 2.27. The average Bonchev–Trinajstić information content (AvgIpc) is 3.00. The van der Waals surface area contributed by atoms with E-state index >= 15 is 0 Å². The van der Waals surface area contributed by atoms with Crippen LogP contribution in [0.3, 0.4) is 0 Å². The molecule has 3 aromatic rings. The molecule has 0 fully saturated rings. The van der Waals surface area contributed by atoms with Crippen molar-refractivity contribution in [1.82, 2.24) is 19.7 Å². The van der Waals surface area contributed by atoms with Crippen LogP contribution >= 0.6 is 0 Å². The zero-order valence-corrected chi connectivity index (χ0v) is 13.4. The van der Waals surface area contributed by atoms with E-state index in [0.29, 0.717) is 0 Å². The van der Waals surface area contributed by atoms with Crippen molar-refractivity contribution in [1.29, 1.82) is 0 Å². The van der Waals surface area contributed by atoms with E-state index in [2.05, 4.69) is 15.1 Å². The molecule has 0 bridgehead atoms. The standard InChI is InChI=1S/C18H18N4O/c1-18(2,3)17(23)22-11-14(15-9-10-19-12-20-15)16(21-22)13-7-5-4-6-8-13/h4-12H,1-3H3. The highest BCUT2D eigenvalue weighted by Crippen LogP contribution is 2.30. The Hall–Kier alpha value is -2.82. The molecular weight excluding hydrogens is 288 g/mol. The minimum absolute atomic E-state index is 0.0602. The van der Waals surface area contributed by atoms with Crippen molar-refractivity contribution >= 4 is 5.91 Å². The second-order valence-corrected chi connectivity index (χ2v) is 6.35. The average molecular weight is 306 g/mol. The summed E-state index contributed by atoms with van der Waals surface area (Å²) >= 11 is 0. The molecule has 0 saturated carbocycles. The van der Waals surface area contributed by atoms with Crippen LogP contribution in [0.5, 0.6) is 0 Å². The van der Waals surface area contributed by atoms with Crippen LogP contribution in [-0.2, 0) is 0 Å². The van der Waals surface area contributed by atoms with Gasteiger partial charge in [-0.1, -0.05) is 51.1 Å². The number of hydrogen-bond acceptors (Lipinski definition) is 4. The molecular formula is C18H18N4O. The summed E-state index contributed by atoms with van der Waals surface area (Å²) < 4.78 is 1.42. The molecule has 3 rings (SSSR count). The Morgan fingerprint density at radius 3 is 2.43 bits per heavy atom. The van der Waals surface area contributed by atoms with Gasteiger partial charge in [0.25, 0.3) is 5.91 Å². The van der Waals surface area contributed by atoms with Gasteiger partial charge in [-0.05, 0) is 6.07 Å². The minimum atomic E-state index is -0.511. The summed E-state index contributed by atoms with van der Waals surface area (Å²) in [6, 6.07) is 11.6. The predicted molar refractivity (Wildman–Crippen MR) is 88.8 cm³/mol. The van der Waals surface area contributed by atoms with Gasteiger partial charge in [0.05, 0.1) is 5.69 Å². The lowest BCUT2D eigenvalue weighted by molar-refractivity contribution is 0.0749. The van der Waals surface area contributed by atoms with E-state index in [1.165, 1.54) is 11.0 Å². The third kappa shape index (κ3) is 3.04. The molecule has 5 heteroatoms. The van der Waals surface area contributed by atoms with Crippen LogP contribution in [0.25, 0.3) is 22.5 Å². The van der Waals surface area contributed by atoms with Crippen molar-refractivity contribution in [3.05, 3.63) is 55.1 Å². The molecule has 2 heterocycles. The molecule has 5 nitrogen and oxygen atoms in total. The van der Waals surface area contributed by atoms with Crippen LogP contribution < -0.4 is 0 Å². The highest BCUT2D eigenvalue weighted by molar-refractivity contribution is 5.87. The van der Waals surface area contributed by atoms with Gasteiger partial charge in [0.2, 0.25) is 0 Å². The van der Waals surface area contributed by atoms with Crippen molar-refractivity contribution in [3.63, 3.8) is 0 Å². The molecule has 0 spiro atoms. The Balaban J connectivity index is 2.18. The SMILES string of the molecule is CC(C)(C)C(=O)n1cc(-c2ccncn2)c(-c2ccccc2)n1. The van der Waals surface area contributed by atoms with Gasteiger partial charge in [0.1, 0.15) is 12.0 Å². The van der Waals surface area contributed by atoms with Crippen LogP contribution in [-0.4, -0.2) is 25.7 Å². The molecule has 0 aliphatic heterocycles. The van der Waals surface area contributed by atoms with Gasteiger partial charge in [0, 0.05) is 28.9 Å². The monoisotopic (exact) mass is 306 g/mol. The first-order valence-corrected chi connectivity index (χ1v) is 7.43. The Bertz CT molecular complexity index is 760. The van der Waals surface area contributed by atoms with E-state index in [-0.39, 0.29) is 5.91 Å². The minimum Gasteiger partial charge on any atom is -0.272 e. The molecule has 1 aromatic carbocycles. The van der Waals surface area contributed by atoms with Crippen molar-refractivity contribution in [2.75, 3.05) is 0 Å². The first-order chi connectivity index (χ1) is 11.0. The molecule has 0 aliphatic carbocycles. The molecule has 116 valence electrons. The number of nitrogens with zero attached hydrogens (tertiary/aromatic N) is 4. The number of benzene rings is 1. The predicted octanol–water partition coefficient (Wildman–Crippen LogP) is 3.69. The van der Waals surface area contributed by atoms with Gasteiger partial charge >= 0.3 is 0 Å². The highest BCUT2D eigenvalue weighted by atomic mass is 16.2. The fraction of sp³-hybridized carbons (Fsp3) is 0.222. The second-order valence-electron chi connectivity index (χ2n) is 6.35. The van der Waals surface area contributed by atoms with Gasteiger partial charge in [0.15, 0.2) is 0 Å². The normalized spacial score (nSPS) is 11.4. The highest BCUT2D eigenvalue weighted by Gasteiger charge is 2.26. The summed E-state index contributed by atoms with van der Waals surface area (Å²) in [5.74, 6) is -0.0602. The van der Waals surface area contributed by atoms with Crippen LogP contribution in [0, 0.1) is 5.41 Å². The summed E-state index contributed by atoms with van der Waals surface area (Å²) in [5, 5.41) is 4.53. The van der Waals surface area contributed by atoms with Gasteiger partial charge in [-0.15, -0.1) is 0 Å². The van der Waals surface area contributed by atoms with Crippen LogP contribution in [0.4, 0.5) is 0 Å². The van der Waals surface area contributed by atoms with Crippen molar-refractivity contribution in [3.8, 4) is 22.5 Å². The molecule has 0 radical (unpaired) electrons. The van der Waals surface area contributed by atoms with E-state index in [0.717, 1.165) is 22.5 Å². The molecule has 0 atom stereocenters. The number of rotatable bonds is 2. The third-order valence-corrected chi connectivity index (χ3v) is 3.47. The molecule has 0 N–H and O–H groups in total. The summed E-state index contributed by atoms with van der Waals surface area (Å²) in [6.45, 7) is 5.64. The first-order valence-electron chi connectivity index (χ1n) is 7.43. The summed E-state index contributed by atoms with van der Waals surface area (Å²) in [4.78, 5) is 20.8. The maximum atomic E-state index is 12.6. The molecule has 0 aliphatic rings. The molecule has 0 amide bonds. The van der Waals surface area contributed by atoms with E-state index in [1.54, 1.807) is 12.4 Å². The first kappa shape index (κ1) is 15.1.